The van der Waals surface area contributed by atoms with Gasteiger partial charge in [-0.3, -0.25) is 4.79 Å². The van der Waals surface area contributed by atoms with Crippen LogP contribution in [0.15, 0.2) is 59.7 Å². The zero-order valence-electron chi connectivity index (χ0n) is 14.4. The van der Waals surface area contributed by atoms with E-state index in [1.54, 1.807) is 6.07 Å². The first-order valence-electron chi connectivity index (χ1n) is 8.44. The lowest BCUT2D eigenvalue weighted by Gasteiger charge is -2.25. The van der Waals surface area contributed by atoms with Crippen LogP contribution in [0.2, 0.25) is 0 Å². The predicted octanol–water partition coefficient (Wildman–Crippen LogP) is 3.39. The molecule has 0 saturated heterocycles. The van der Waals surface area contributed by atoms with Gasteiger partial charge in [0.25, 0.3) is 5.91 Å². The number of amides is 1. The summed E-state index contributed by atoms with van der Waals surface area (Å²) < 4.78 is 11.3. The Morgan fingerprint density at radius 2 is 1.80 bits per heavy atom. The van der Waals surface area contributed by atoms with Gasteiger partial charge in [0, 0.05) is 0 Å². The molecule has 2 aromatic rings. The summed E-state index contributed by atoms with van der Waals surface area (Å²) in [5.74, 6) is 1.34. The molecule has 0 bridgehead atoms. The number of ether oxygens (including phenoxy) is 2. The van der Waals surface area contributed by atoms with E-state index in [9.17, 15) is 4.79 Å². The maximum atomic E-state index is 12.4. The van der Waals surface area contributed by atoms with Gasteiger partial charge in [-0.15, -0.1) is 0 Å². The van der Waals surface area contributed by atoms with Crippen molar-refractivity contribution < 1.29 is 14.3 Å². The molecule has 25 heavy (non-hydrogen) atoms. The van der Waals surface area contributed by atoms with Gasteiger partial charge in [-0.2, -0.15) is 5.10 Å². The van der Waals surface area contributed by atoms with Crippen molar-refractivity contribution in [2.75, 3.05) is 6.61 Å². The highest BCUT2D eigenvalue weighted by atomic mass is 16.6. The Kier molecular flexibility index (Phi) is 5.33. The first-order valence-corrected chi connectivity index (χ1v) is 8.44. The highest BCUT2D eigenvalue weighted by Crippen LogP contribution is 2.30. The second kappa shape index (κ2) is 7.83. The summed E-state index contributed by atoms with van der Waals surface area (Å²) in [6.45, 7) is 4.41. The van der Waals surface area contributed by atoms with Crippen molar-refractivity contribution in [3.05, 3.63) is 60.2 Å². The van der Waals surface area contributed by atoms with E-state index in [2.05, 4.69) is 24.4 Å². The van der Waals surface area contributed by atoms with Crippen LogP contribution in [0.5, 0.6) is 11.5 Å². The van der Waals surface area contributed by atoms with Crippen molar-refractivity contribution in [3.63, 3.8) is 0 Å². The van der Waals surface area contributed by atoms with E-state index in [1.807, 2.05) is 48.5 Å². The van der Waals surface area contributed by atoms with E-state index >= 15 is 0 Å². The van der Waals surface area contributed by atoms with Gasteiger partial charge in [0.1, 0.15) is 6.61 Å². The monoisotopic (exact) mass is 338 g/mol. The third kappa shape index (κ3) is 4.38. The topological polar surface area (TPSA) is 59.9 Å². The minimum atomic E-state index is -0.713. The van der Waals surface area contributed by atoms with Gasteiger partial charge in [0.15, 0.2) is 11.5 Å². The molecular formula is C20H22N2O3. The molecule has 1 amide bonds. The number of hydrazone groups is 1. The molecule has 1 heterocycles. The zero-order chi connectivity index (χ0) is 17.6. The molecule has 0 aliphatic carbocycles. The Morgan fingerprint density at radius 1 is 1.12 bits per heavy atom. The maximum absolute atomic E-state index is 12.4. The molecule has 0 unspecified atom stereocenters. The number of fused-ring (bicyclic) bond motifs is 1. The van der Waals surface area contributed by atoms with Crippen molar-refractivity contribution in [2.24, 2.45) is 11.0 Å². The number of nitrogens with zero attached hydrogens (tertiary/aromatic N) is 1. The van der Waals surface area contributed by atoms with Crippen molar-refractivity contribution in [1.82, 2.24) is 5.43 Å². The third-order valence-corrected chi connectivity index (χ3v) is 3.81. The Bertz CT molecular complexity index is 757. The number of carbonyl (C=O) groups excluding carboxylic acids is 1. The fraction of sp³-hybridized carbons (Fsp3) is 0.300. The van der Waals surface area contributed by atoms with Crippen molar-refractivity contribution in [3.8, 4) is 11.5 Å². The first kappa shape index (κ1) is 17.0. The lowest BCUT2D eigenvalue weighted by molar-refractivity contribution is -0.130. The molecule has 3 rings (SSSR count). The molecule has 2 aromatic carbocycles. The molecule has 5 nitrogen and oxygen atoms in total. The molecule has 130 valence electrons. The average Bonchev–Trinajstić information content (AvgIpc) is 2.65. The van der Waals surface area contributed by atoms with Crippen LogP contribution in [-0.4, -0.2) is 24.3 Å². The number of carbonyl (C=O) groups is 1. The standard InChI is InChI=1S/C20H22N2O3/c1-14(2)12-16(15-8-4-3-5-9-15)21-22-20(23)19-13-24-17-10-6-7-11-18(17)25-19/h3-11,14,19H,12-13H2,1-2H3,(H,22,23)/b21-16-/t19-/m1/s1. The third-order valence-electron chi connectivity index (χ3n) is 3.81. The van der Waals surface area contributed by atoms with Crippen LogP contribution in [0.4, 0.5) is 0 Å². The fourth-order valence-corrected chi connectivity index (χ4v) is 2.59. The van der Waals surface area contributed by atoms with Gasteiger partial charge in [0.2, 0.25) is 6.10 Å². The van der Waals surface area contributed by atoms with Gasteiger partial charge in [-0.1, -0.05) is 56.3 Å². The van der Waals surface area contributed by atoms with Crippen LogP contribution >= 0.6 is 0 Å². The summed E-state index contributed by atoms with van der Waals surface area (Å²) in [5.41, 5.74) is 4.48. The van der Waals surface area contributed by atoms with Crippen LogP contribution in [0.25, 0.3) is 0 Å². The SMILES string of the molecule is CC(C)C/C(=N/NC(=O)[C@H]1COc2ccccc2O1)c1ccccc1. The Labute approximate surface area is 147 Å². The molecule has 1 aliphatic rings. The lowest BCUT2D eigenvalue weighted by atomic mass is 10.0. The minimum Gasteiger partial charge on any atom is -0.485 e. The number of hydrogen-bond acceptors (Lipinski definition) is 4. The predicted molar refractivity (Wildman–Crippen MR) is 96.9 cm³/mol. The van der Waals surface area contributed by atoms with Crippen LogP contribution in [0.3, 0.4) is 0 Å². The second-order valence-electron chi connectivity index (χ2n) is 6.36. The Balaban J connectivity index is 1.69. The van der Waals surface area contributed by atoms with Crippen LogP contribution in [0.1, 0.15) is 25.8 Å². The summed E-state index contributed by atoms with van der Waals surface area (Å²) >= 11 is 0. The van der Waals surface area contributed by atoms with Crippen LogP contribution < -0.4 is 14.9 Å². The number of nitrogens with one attached hydrogen (secondary N) is 1. The van der Waals surface area contributed by atoms with E-state index in [0.717, 1.165) is 17.7 Å². The molecule has 0 aromatic heterocycles. The molecule has 1 aliphatic heterocycles. The van der Waals surface area contributed by atoms with E-state index in [1.165, 1.54) is 0 Å². The number of benzene rings is 2. The van der Waals surface area contributed by atoms with Crippen LogP contribution in [0, 0.1) is 5.92 Å². The van der Waals surface area contributed by atoms with Crippen molar-refractivity contribution in [1.29, 1.82) is 0 Å². The van der Waals surface area contributed by atoms with Crippen LogP contribution in [-0.2, 0) is 4.79 Å². The summed E-state index contributed by atoms with van der Waals surface area (Å²) in [6.07, 6.45) is 0.0597. The van der Waals surface area contributed by atoms with Gasteiger partial charge >= 0.3 is 0 Å². The molecule has 0 radical (unpaired) electrons. The Hall–Kier alpha value is -2.82. The summed E-state index contributed by atoms with van der Waals surface area (Å²) in [7, 11) is 0. The van der Waals surface area contributed by atoms with Gasteiger partial charge in [-0.25, -0.2) is 5.43 Å². The van der Waals surface area contributed by atoms with E-state index in [4.69, 9.17) is 9.47 Å². The molecule has 0 spiro atoms. The van der Waals surface area contributed by atoms with Crippen molar-refractivity contribution in [2.45, 2.75) is 26.4 Å². The van der Waals surface area contributed by atoms with E-state index < -0.39 is 6.10 Å². The molecule has 0 fully saturated rings. The zero-order valence-corrected chi connectivity index (χ0v) is 14.4. The molecule has 0 saturated carbocycles. The Morgan fingerprint density at radius 3 is 2.52 bits per heavy atom. The van der Waals surface area contributed by atoms with Crippen molar-refractivity contribution >= 4 is 11.6 Å². The molecule has 5 heteroatoms. The van der Waals surface area contributed by atoms with E-state index in [-0.39, 0.29) is 12.5 Å². The maximum Gasteiger partial charge on any atom is 0.284 e. The first-order chi connectivity index (χ1) is 12.1. The molecule has 1 atom stereocenters. The highest BCUT2D eigenvalue weighted by Gasteiger charge is 2.27. The van der Waals surface area contributed by atoms with Gasteiger partial charge in [0.05, 0.1) is 5.71 Å². The number of rotatable bonds is 5. The highest BCUT2D eigenvalue weighted by molar-refractivity contribution is 6.01. The summed E-state index contributed by atoms with van der Waals surface area (Å²) in [6, 6.07) is 17.2. The quantitative estimate of drug-likeness (QED) is 0.671. The summed E-state index contributed by atoms with van der Waals surface area (Å²) in [5, 5.41) is 4.35. The fourth-order valence-electron chi connectivity index (χ4n) is 2.59. The molecular weight excluding hydrogens is 316 g/mol. The lowest BCUT2D eigenvalue weighted by Crippen LogP contribution is -2.42. The van der Waals surface area contributed by atoms with Gasteiger partial charge in [-0.05, 0) is 30.0 Å². The average molecular weight is 338 g/mol. The second-order valence-corrected chi connectivity index (χ2v) is 6.36. The summed E-state index contributed by atoms with van der Waals surface area (Å²) in [4.78, 5) is 12.4. The van der Waals surface area contributed by atoms with E-state index in [0.29, 0.717) is 17.4 Å². The minimum absolute atomic E-state index is 0.170. The largest absolute Gasteiger partial charge is 0.485 e. The molecule has 1 N–H and O–H groups in total. The number of hydrogen-bond donors (Lipinski definition) is 1. The smallest absolute Gasteiger partial charge is 0.284 e. The van der Waals surface area contributed by atoms with Gasteiger partial charge < -0.3 is 9.47 Å². The number of para-hydroxylation sites is 2. The normalized spacial score (nSPS) is 16.6.